The summed E-state index contributed by atoms with van der Waals surface area (Å²) in [5.74, 6) is 0. The van der Waals surface area contributed by atoms with Gasteiger partial charge < -0.3 is 9.47 Å². The fourth-order valence-corrected chi connectivity index (χ4v) is 3.67. The summed E-state index contributed by atoms with van der Waals surface area (Å²) in [6, 6.07) is 7.31. The van der Waals surface area contributed by atoms with Gasteiger partial charge in [0.15, 0.2) is 0 Å². The summed E-state index contributed by atoms with van der Waals surface area (Å²) < 4.78 is 14.0. The number of hydrogen-bond acceptors (Lipinski definition) is 5. The molecule has 0 amide bonds. The van der Waals surface area contributed by atoms with Crippen molar-refractivity contribution in [3.8, 4) is 22.5 Å². The highest BCUT2D eigenvalue weighted by molar-refractivity contribution is 7.08. The molecule has 3 aromatic rings. The smallest absolute Gasteiger partial charge is 0.418 e. The van der Waals surface area contributed by atoms with Gasteiger partial charge in [-0.1, -0.05) is 0 Å². The van der Waals surface area contributed by atoms with Gasteiger partial charge in [-0.3, -0.25) is 9.13 Å². The molecule has 0 saturated carbocycles. The van der Waals surface area contributed by atoms with Crippen molar-refractivity contribution in [2.24, 2.45) is 0 Å². The van der Waals surface area contributed by atoms with E-state index in [1.54, 1.807) is 24.5 Å². The normalized spacial score (nSPS) is 12.1. The molecule has 0 bridgehead atoms. The SMILES string of the molecule is CC(C)(C)OC(=O)n1cccc1-c1cscc1-c1cccn1C(=O)OC(C)(C)C. The minimum Gasteiger partial charge on any atom is -0.443 e. The third kappa shape index (κ3) is 4.79. The van der Waals surface area contributed by atoms with Gasteiger partial charge in [0, 0.05) is 34.3 Å². The number of carbonyl (C=O) groups is 2. The van der Waals surface area contributed by atoms with Crippen molar-refractivity contribution in [2.45, 2.75) is 52.7 Å². The van der Waals surface area contributed by atoms with Crippen molar-refractivity contribution in [1.29, 1.82) is 0 Å². The van der Waals surface area contributed by atoms with Crippen molar-refractivity contribution in [3.05, 3.63) is 47.4 Å². The first-order valence-corrected chi connectivity index (χ1v) is 10.3. The Hall–Kier alpha value is -2.80. The third-order valence-electron chi connectivity index (χ3n) is 3.89. The Morgan fingerprint density at radius 2 is 1.14 bits per heavy atom. The summed E-state index contributed by atoms with van der Waals surface area (Å²) in [5.41, 5.74) is 1.90. The highest BCUT2D eigenvalue weighted by Gasteiger charge is 2.24. The molecule has 0 radical (unpaired) electrons. The highest BCUT2D eigenvalue weighted by Crippen LogP contribution is 2.36. The molecule has 0 N–H and O–H groups in total. The third-order valence-corrected chi connectivity index (χ3v) is 4.64. The second-order valence-electron chi connectivity index (χ2n) is 8.69. The van der Waals surface area contributed by atoms with Gasteiger partial charge in [-0.05, 0) is 65.8 Å². The molecule has 0 aromatic carbocycles. The standard InChI is InChI=1S/C22H26N2O4S/c1-21(2,3)27-19(25)23-11-7-9-17(23)15-13-29-14-16(15)18-10-8-12-24(18)20(26)28-22(4,5)6/h7-14H,1-6H3. The predicted molar refractivity (Wildman–Crippen MR) is 114 cm³/mol. The molecule has 0 unspecified atom stereocenters. The molecular weight excluding hydrogens is 388 g/mol. The van der Waals surface area contributed by atoms with Crippen molar-refractivity contribution in [3.63, 3.8) is 0 Å². The van der Waals surface area contributed by atoms with Gasteiger partial charge in [0.2, 0.25) is 0 Å². The molecule has 6 nitrogen and oxygen atoms in total. The number of carbonyl (C=O) groups excluding carboxylic acids is 2. The van der Waals surface area contributed by atoms with Gasteiger partial charge in [0.25, 0.3) is 0 Å². The fraction of sp³-hybridized carbons (Fsp3) is 0.364. The molecule has 0 spiro atoms. The van der Waals surface area contributed by atoms with Crippen LogP contribution in [0.15, 0.2) is 47.4 Å². The Labute approximate surface area is 174 Å². The first kappa shape index (κ1) is 20.9. The van der Waals surface area contributed by atoms with Gasteiger partial charge in [-0.2, -0.15) is 11.3 Å². The van der Waals surface area contributed by atoms with E-state index in [1.165, 1.54) is 20.5 Å². The van der Waals surface area contributed by atoms with Crippen molar-refractivity contribution in [1.82, 2.24) is 9.13 Å². The molecule has 154 valence electrons. The van der Waals surface area contributed by atoms with Crippen LogP contribution in [0, 0.1) is 0 Å². The van der Waals surface area contributed by atoms with E-state index in [0.29, 0.717) is 11.4 Å². The number of rotatable bonds is 2. The van der Waals surface area contributed by atoms with Crippen LogP contribution in [0.4, 0.5) is 9.59 Å². The van der Waals surface area contributed by atoms with Gasteiger partial charge in [0.05, 0.1) is 11.4 Å². The Morgan fingerprint density at radius 1 is 0.759 bits per heavy atom. The zero-order chi connectivity index (χ0) is 21.4. The molecule has 3 rings (SSSR count). The van der Waals surface area contributed by atoms with Gasteiger partial charge in [0.1, 0.15) is 11.2 Å². The summed E-state index contributed by atoms with van der Waals surface area (Å²) in [6.07, 6.45) is 2.46. The van der Waals surface area contributed by atoms with E-state index < -0.39 is 23.4 Å². The van der Waals surface area contributed by atoms with Gasteiger partial charge in [-0.15, -0.1) is 0 Å². The van der Waals surface area contributed by atoms with Crippen LogP contribution >= 0.6 is 11.3 Å². The van der Waals surface area contributed by atoms with E-state index in [1.807, 2.05) is 64.4 Å². The molecule has 3 aromatic heterocycles. The van der Waals surface area contributed by atoms with E-state index in [9.17, 15) is 9.59 Å². The zero-order valence-electron chi connectivity index (χ0n) is 17.6. The molecule has 0 saturated heterocycles. The van der Waals surface area contributed by atoms with Crippen molar-refractivity contribution >= 4 is 23.5 Å². The Morgan fingerprint density at radius 3 is 1.48 bits per heavy atom. The van der Waals surface area contributed by atoms with E-state index in [0.717, 1.165) is 11.1 Å². The molecule has 0 fully saturated rings. The van der Waals surface area contributed by atoms with E-state index in [-0.39, 0.29) is 0 Å². The van der Waals surface area contributed by atoms with Crippen LogP contribution in [0.5, 0.6) is 0 Å². The van der Waals surface area contributed by atoms with E-state index >= 15 is 0 Å². The molecule has 29 heavy (non-hydrogen) atoms. The lowest BCUT2D eigenvalue weighted by Crippen LogP contribution is -2.27. The maximum atomic E-state index is 12.6. The molecule has 0 aliphatic carbocycles. The number of ether oxygens (including phenoxy) is 2. The molecule has 0 atom stereocenters. The van der Waals surface area contributed by atoms with Crippen molar-refractivity contribution < 1.29 is 19.1 Å². The number of hydrogen-bond donors (Lipinski definition) is 0. The predicted octanol–water partition coefficient (Wildman–Crippen LogP) is 6.25. The Bertz CT molecular complexity index is 947. The minimum absolute atomic E-state index is 0.447. The summed E-state index contributed by atoms with van der Waals surface area (Å²) in [7, 11) is 0. The maximum Gasteiger partial charge on any atom is 0.418 e. The van der Waals surface area contributed by atoms with Gasteiger partial charge in [-0.25, -0.2) is 9.59 Å². The fourth-order valence-electron chi connectivity index (χ4n) is 2.84. The highest BCUT2D eigenvalue weighted by atomic mass is 32.1. The van der Waals surface area contributed by atoms with Crippen LogP contribution in [-0.2, 0) is 9.47 Å². The topological polar surface area (TPSA) is 62.5 Å². The molecule has 0 aliphatic heterocycles. The Balaban J connectivity index is 2.00. The van der Waals surface area contributed by atoms with Crippen LogP contribution in [0.25, 0.3) is 22.5 Å². The van der Waals surface area contributed by atoms with Crippen LogP contribution in [0.2, 0.25) is 0 Å². The number of nitrogens with zero attached hydrogens (tertiary/aromatic N) is 2. The largest absolute Gasteiger partial charge is 0.443 e. The van der Waals surface area contributed by atoms with Crippen LogP contribution < -0.4 is 0 Å². The second kappa shape index (κ2) is 7.55. The quantitative estimate of drug-likeness (QED) is 0.497. The van der Waals surface area contributed by atoms with E-state index in [2.05, 4.69) is 0 Å². The summed E-state index contributed by atoms with van der Waals surface area (Å²) in [5, 5.41) is 3.91. The summed E-state index contributed by atoms with van der Waals surface area (Å²) in [4.78, 5) is 25.3. The molecule has 7 heteroatoms. The summed E-state index contributed by atoms with van der Waals surface area (Å²) in [6.45, 7) is 11.0. The molecule has 3 heterocycles. The number of aromatic nitrogens is 2. The number of thiophene rings is 1. The monoisotopic (exact) mass is 414 g/mol. The summed E-state index contributed by atoms with van der Waals surface area (Å²) >= 11 is 1.50. The van der Waals surface area contributed by atoms with Crippen LogP contribution in [0.3, 0.4) is 0 Å². The molecule has 0 aliphatic rings. The lowest BCUT2D eigenvalue weighted by atomic mass is 10.1. The minimum atomic E-state index is -0.596. The molecular formula is C22H26N2O4S. The Kier molecular flexibility index (Phi) is 5.45. The average Bonchev–Trinajstić information content (AvgIpc) is 3.30. The average molecular weight is 415 g/mol. The van der Waals surface area contributed by atoms with Crippen LogP contribution in [0.1, 0.15) is 41.5 Å². The van der Waals surface area contributed by atoms with Crippen molar-refractivity contribution in [2.75, 3.05) is 0 Å². The first-order valence-electron chi connectivity index (χ1n) is 9.35. The lowest BCUT2D eigenvalue weighted by Gasteiger charge is -2.21. The van der Waals surface area contributed by atoms with E-state index in [4.69, 9.17) is 9.47 Å². The zero-order valence-corrected chi connectivity index (χ0v) is 18.4. The van der Waals surface area contributed by atoms with Gasteiger partial charge >= 0.3 is 12.2 Å². The second-order valence-corrected chi connectivity index (χ2v) is 9.43. The first-order chi connectivity index (χ1) is 13.5. The maximum absolute atomic E-state index is 12.6. The van der Waals surface area contributed by atoms with Crippen LogP contribution in [-0.4, -0.2) is 32.5 Å². The lowest BCUT2D eigenvalue weighted by molar-refractivity contribution is 0.0528.